The Labute approximate surface area is 137 Å². The van der Waals surface area contributed by atoms with Crippen LogP contribution in [0.5, 0.6) is 5.75 Å². The van der Waals surface area contributed by atoms with Crippen molar-refractivity contribution in [3.05, 3.63) is 29.8 Å². The van der Waals surface area contributed by atoms with Crippen molar-refractivity contribution in [3.63, 3.8) is 0 Å². The third-order valence-corrected chi connectivity index (χ3v) is 3.98. The van der Waals surface area contributed by atoms with Crippen molar-refractivity contribution in [3.8, 4) is 5.75 Å². The number of nitrogens with zero attached hydrogens (tertiary/aromatic N) is 1. The molecule has 1 aliphatic heterocycles. The molecule has 2 atom stereocenters. The van der Waals surface area contributed by atoms with E-state index in [1.807, 2.05) is 25.7 Å². The molecule has 0 aliphatic carbocycles. The van der Waals surface area contributed by atoms with Crippen LogP contribution in [0.15, 0.2) is 24.3 Å². The highest BCUT2D eigenvalue weighted by atomic mass is 16.5. The first-order valence-corrected chi connectivity index (χ1v) is 8.18. The van der Waals surface area contributed by atoms with Gasteiger partial charge in [-0.15, -0.1) is 0 Å². The maximum absolute atomic E-state index is 12.3. The van der Waals surface area contributed by atoms with Crippen LogP contribution in [0, 0.1) is 0 Å². The number of carbonyl (C=O) groups excluding carboxylic acids is 2. The number of rotatable bonds is 6. The molecule has 0 bridgehead atoms. The Bertz CT molecular complexity index is 540. The van der Waals surface area contributed by atoms with E-state index in [-0.39, 0.29) is 36.7 Å². The standard InChI is InChI=1S/C18H25NO4/c1-4-22-16-7-5-15(6-8-16)17(20)9-10-18(21)19-11-14(3)23-12-13(19)2/h5-8,13-14H,4,9-12H2,1-3H3. The molecule has 1 aromatic rings. The average molecular weight is 319 g/mol. The monoisotopic (exact) mass is 319 g/mol. The zero-order valence-corrected chi connectivity index (χ0v) is 14.1. The summed E-state index contributed by atoms with van der Waals surface area (Å²) in [6, 6.07) is 7.13. The molecule has 1 aromatic carbocycles. The molecule has 5 nitrogen and oxygen atoms in total. The zero-order chi connectivity index (χ0) is 16.8. The van der Waals surface area contributed by atoms with Crippen molar-refractivity contribution in [2.75, 3.05) is 19.8 Å². The molecule has 1 fully saturated rings. The van der Waals surface area contributed by atoms with E-state index in [1.54, 1.807) is 24.3 Å². The number of ketones is 1. The van der Waals surface area contributed by atoms with Gasteiger partial charge in [0.2, 0.25) is 5.91 Å². The Hall–Kier alpha value is -1.88. The molecule has 2 unspecified atom stereocenters. The fraction of sp³-hybridized carbons (Fsp3) is 0.556. The minimum absolute atomic E-state index is 0.0182. The highest BCUT2D eigenvalue weighted by Gasteiger charge is 2.27. The van der Waals surface area contributed by atoms with Gasteiger partial charge in [-0.3, -0.25) is 9.59 Å². The minimum Gasteiger partial charge on any atom is -0.494 e. The van der Waals surface area contributed by atoms with Crippen LogP contribution in [-0.4, -0.2) is 48.5 Å². The zero-order valence-electron chi connectivity index (χ0n) is 14.1. The largest absolute Gasteiger partial charge is 0.494 e. The van der Waals surface area contributed by atoms with Crippen molar-refractivity contribution in [2.24, 2.45) is 0 Å². The molecule has 0 saturated carbocycles. The molecule has 2 rings (SSSR count). The van der Waals surface area contributed by atoms with E-state index in [1.165, 1.54) is 0 Å². The molecule has 0 spiro atoms. The molecule has 23 heavy (non-hydrogen) atoms. The van der Waals surface area contributed by atoms with Crippen molar-refractivity contribution in [1.29, 1.82) is 0 Å². The van der Waals surface area contributed by atoms with Crippen LogP contribution in [0.3, 0.4) is 0 Å². The van der Waals surface area contributed by atoms with Gasteiger partial charge >= 0.3 is 0 Å². The SMILES string of the molecule is CCOc1ccc(C(=O)CCC(=O)N2CC(C)OCC2C)cc1. The summed E-state index contributed by atoms with van der Waals surface area (Å²) >= 11 is 0. The highest BCUT2D eigenvalue weighted by Crippen LogP contribution is 2.16. The molecule has 1 heterocycles. The summed E-state index contributed by atoms with van der Waals surface area (Å²) in [5.74, 6) is 0.749. The molecular formula is C18H25NO4. The van der Waals surface area contributed by atoms with Gasteiger partial charge in [0.05, 0.1) is 25.4 Å². The van der Waals surface area contributed by atoms with Crippen LogP contribution in [0.4, 0.5) is 0 Å². The minimum atomic E-state index is -0.0182. The second-order valence-electron chi connectivity index (χ2n) is 5.92. The van der Waals surface area contributed by atoms with E-state index >= 15 is 0 Å². The average Bonchev–Trinajstić information content (AvgIpc) is 2.55. The molecule has 0 radical (unpaired) electrons. The normalized spacial score (nSPS) is 21.1. The Balaban J connectivity index is 1.86. The first-order chi connectivity index (χ1) is 11.0. The smallest absolute Gasteiger partial charge is 0.223 e. The van der Waals surface area contributed by atoms with Crippen molar-refractivity contribution in [1.82, 2.24) is 4.90 Å². The van der Waals surface area contributed by atoms with Gasteiger partial charge in [0.15, 0.2) is 5.78 Å². The maximum atomic E-state index is 12.3. The van der Waals surface area contributed by atoms with Crippen molar-refractivity contribution >= 4 is 11.7 Å². The van der Waals surface area contributed by atoms with Gasteiger partial charge in [-0.2, -0.15) is 0 Å². The fourth-order valence-corrected chi connectivity index (χ4v) is 2.66. The number of amides is 1. The second kappa shape index (κ2) is 8.11. The van der Waals surface area contributed by atoms with E-state index < -0.39 is 0 Å². The van der Waals surface area contributed by atoms with Crippen molar-refractivity contribution in [2.45, 2.75) is 45.8 Å². The summed E-state index contributed by atoms with van der Waals surface area (Å²) in [6.07, 6.45) is 0.519. The van der Waals surface area contributed by atoms with Crippen LogP contribution in [-0.2, 0) is 9.53 Å². The number of hydrogen-bond donors (Lipinski definition) is 0. The Kier molecular flexibility index (Phi) is 6.16. The Morgan fingerprint density at radius 1 is 1.22 bits per heavy atom. The van der Waals surface area contributed by atoms with Gasteiger partial charge in [-0.25, -0.2) is 0 Å². The fourth-order valence-electron chi connectivity index (χ4n) is 2.66. The van der Waals surface area contributed by atoms with E-state index in [4.69, 9.17) is 9.47 Å². The first-order valence-electron chi connectivity index (χ1n) is 8.18. The van der Waals surface area contributed by atoms with Crippen molar-refractivity contribution < 1.29 is 19.1 Å². The lowest BCUT2D eigenvalue weighted by molar-refractivity contribution is -0.143. The van der Waals surface area contributed by atoms with Crippen LogP contribution in [0.2, 0.25) is 0 Å². The van der Waals surface area contributed by atoms with Gasteiger partial charge in [-0.05, 0) is 45.0 Å². The van der Waals surface area contributed by atoms with Crippen LogP contribution in [0.25, 0.3) is 0 Å². The maximum Gasteiger partial charge on any atom is 0.223 e. The van der Waals surface area contributed by atoms with E-state index in [2.05, 4.69) is 0 Å². The summed E-state index contributed by atoms with van der Waals surface area (Å²) < 4.78 is 10.9. The topological polar surface area (TPSA) is 55.8 Å². The number of Topliss-reactive ketones (excluding diaryl/α,β-unsaturated/α-hetero) is 1. The highest BCUT2D eigenvalue weighted by molar-refractivity contribution is 5.98. The Morgan fingerprint density at radius 2 is 1.91 bits per heavy atom. The third kappa shape index (κ3) is 4.79. The van der Waals surface area contributed by atoms with Crippen LogP contribution >= 0.6 is 0 Å². The van der Waals surface area contributed by atoms with Gasteiger partial charge in [0.25, 0.3) is 0 Å². The van der Waals surface area contributed by atoms with Gasteiger partial charge < -0.3 is 14.4 Å². The lowest BCUT2D eigenvalue weighted by atomic mass is 10.1. The number of benzene rings is 1. The van der Waals surface area contributed by atoms with Crippen LogP contribution in [0.1, 0.15) is 44.0 Å². The predicted molar refractivity (Wildman–Crippen MR) is 87.8 cm³/mol. The number of ether oxygens (including phenoxy) is 2. The van der Waals surface area contributed by atoms with E-state index in [0.717, 1.165) is 5.75 Å². The predicted octanol–water partition coefficient (Wildman–Crippen LogP) is 2.68. The van der Waals surface area contributed by atoms with Gasteiger partial charge in [0, 0.05) is 24.9 Å². The second-order valence-corrected chi connectivity index (χ2v) is 5.92. The third-order valence-electron chi connectivity index (χ3n) is 3.98. The summed E-state index contributed by atoms with van der Waals surface area (Å²) in [6.45, 7) is 7.59. The lowest BCUT2D eigenvalue weighted by Crippen LogP contribution is -2.50. The summed E-state index contributed by atoms with van der Waals surface area (Å²) in [7, 11) is 0. The Morgan fingerprint density at radius 3 is 2.57 bits per heavy atom. The molecule has 1 amide bonds. The lowest BCUT2D eigenvalue weighted by Gasteiger charge is -2.36. The number of hydrogen-bond acceptors (Lipinski definition) is 4. The molecule has 1 aliphatic rings. The molecular weight excluding hydrogens is 294 g/mol. The summed E-state index contributed by atoms with van der Waals surface area (Å²) in [5, 5.41) is 0. The molecule has 126 valence electrons. The summed E-state index contributed by atoms with van der Waals surface area (Å²) in [5.41, 5.74) is 0.615. The number of carbonyl (C=O) groups is 2. The molecule has 0 aromatic heterocycles. The van der Waals surface area contributed by atoms with E-state index in [9.17, 15) is 9.59 Å². The quantitative estimate of drug-likeness (QED) is 0.757. The van der Waals surface area contributed by atoms with Crippen LogP contribution < -0.4 is 4.74 Å². The number of morpholine rings is 1. The molecule has 0 N–H and O–H groups in total. The van der Waals surface area contributed by atoms with Gasteiger partial charge in [-0.1, -0.05) is 0 Å². The molecule has 5 heteroatoms. The summed E-state index contributed by atoms with van der Waals surface area (Å²) in [4.78, 5) is 26.4. The molecule has 1 saturated heterocycles. The van der Waals surface area contributed by atoms with Gasteiger partial charge in [0.1, 0.15) is 5.75 Å². The van der Waals surface area contributed by atoms with E-state index in [0.29, 0.717) is 25.3 Å². The first kappa shape index (κ1) is 17.5.